The number of aryl methyl sites for hydroxylation is 2. The normalized spacial score (nSPS) is 16.5. The fourth-order valence-electron chi connectivity index (χ4n) is 3.65. The Morgan fingerprint density at radius 2 is 1.97 bits per heavy atom. The summed E-state index contributed by atoms with van der Waals surface area (Å²) in [6.07, 6.45) is -2.23. The zero-order valence-electron chi connectivity index (χ0n) is 18.2. The Bertz CT molecular complexity index is 866. The fraction of sp³-hybridized carbons (Fsp3) is 0.545. The van der Waals surface area contributed by atoms with Gasteiger partial charge in [-0.2, -0.15) is 13.2 Å². The monoisotopic (exact) mass is 437 g/mol. The van der Waals surface area contributed by atoms with Crippen LogP contribution >= 0.6 is 0 Å². The molecule has 31 heavy (non-hydrogen) atoms. The Kier molecular flexibility index (Phi) is 7.59. The molecule has 2 heterocycles. The van der Waals surface area contributed by atoms with Gasteiger partial charge in [0.25, 0.3) is 0 Å². The average molecular weight is 438 g/mol. The van der Waals surface area contributed by atoms with Gasteiger partial charge in [-0.3, -0.25) is 9.89 Å². The number of oxazole rings is 1. The maximum atomic E-state index is 12.9. The molecule has 0 amide bonds. The predicted molar refractivity (Wildman–Crippen MR) is 114 cm³/mol. The molecular weight excluding hydrogens is 407 g/mol. The lowest BCUT2D eigenvalue weighted by atomic mass is 9.97. The molecule has 0 spiro atoms. The van der Waals surface area contributed by atoms with Gasteiger partial charge in [-0.15, -0.1) is 0 Å². The maximum Gasteiger partial charge on any atom is 0.416 e. The Labute approximate surface area is 180 Å². The molecule has 1 aliphatic rings. The average Bonchev–Trinajstić information content (AvgIpc) is 3.05. The van der Waals surface area contributed by atoms with Crippen LogP contribution in [0.3, 0.4) is 0 Å². The van der Waals surface area contributed by atoms with E-state index in [9.17, 15) is 13.2 Å². The van der Waals surface area contributed by atoms with Crippen molar-refractivity contribution in [3.05, 3.63) is 52.7 Å². The van der Waals surface area contributed by atoms with Gasteiger partial charge >= 0.3 is 6.18 Å². The van der Waals surface area contributed by atoms with Gasteiger partial charge in [0.15, 0.2) is 5.96 Å². The molecule has 2 N–H and O–H groups in total. The number of alkyl halides is 3. The number of benzene rings is 1. The zero-order valence-corrected chi connectivity index (χ0v) is 18.2. The van der Waals surface area contributed by atoms with Gasteiger partial charge in [0.2, 0.25) is 5.89 Å². The van der Waals surface area contributed by atoms with E-state index in [1.165, 1.54) is 6.07 Å². The van der Waals surface area contributed by atoms with Crippen LogP contribution in [-0.4, -0.2) is 42.5 Å². The van der Waals surface area contributed by atoms with Crippen molar-refractivity contribution < 1.29 is 17.6 Å². The Morgan fingerprint density at radius 3 is 2.58 bits per heavy atom. The van der Waals surface area contributed by atoms with Gasteiger partial charge in [0.1, 0.15) is 5.76 Å². The molecule has 170 valence electrons. The molecule has 1 aliphatic heterocycles. The number of aromatic nitrogens is 1. The van der Waals surface area contributed by atoms with Crippen LogP contribution in [0.1, 0.15) is 41.3 Å². The van der Waals surface area contributed by atoms with Crippen LogP contribution in [0.5, 0.6) is 0 Å². The summed E-state index contributed by atoms with van der Waals surface area (Å²) < 4.78 is 44.3. The van der Waals surface area contributed by atoms with Gasteiger partial charge in [-0.25, -0.2) is 4.98 Å². The van der Waals surface area contributed by atoms with E-state index in [4.69, 9.17) is 4.42 Å². The Hall–Kier alpha value is -2.55. The number of hydrogen-bond acceptors (Lipinski definition) is 4. The van der Waals surface area contributed by atoms with Crippen LogP contribution < -0.4 is 10.6 Å². The lowest BCUT2D eigenvalue weighted by Crippen LogP contribution is -2.42. The van der Waals surface area contributed by atoms with Crippen molar-refractivity contribution in [3.8, 4) is 0 Å². The number of rotatable bonds is 6. The molecule has 1 fully saturated rings. The summed E-state index contributed by atoms with van der Waals surface area (Å²) in [6, 6.07) is 5.33. The van der Waals surface area contributed by atoms with Crippen LogP contribution in [0.25, 0.3) is 0 Å². The number of nitrogens with one attached hydrogen (secondary N) is 2. The standard InChI is InChI=1S/C22H30F3N5O/c1-15-16(2)31-20(29-15)14-30-9-7-17(8-10-30)12-27-21(26-3)28-13-18-5-4-6-19(11-18)22(23,24)25/h4-6,11,17H,7-10,12-14H2,1-3H3,(H2,26,27,28). The highest BCUT2D eigenvalue weighted by Crippen LogP contribution is 2.29. The van der Waals surface area contributed by atoms with Crippen molar-refractivity contribution in [1.82, 2.24) is 20.5 Å². The van der Waals surface area contributed by atoms with E-state index < -0.39 is 11.7 Å². The first kappa shape index (κ1) is 23.1. The number of guanidine groups is 1. The van der Waals surface area contributed by atoms with Gasteiger partial charge in [-0.1, -0.05) is 12.1 Å². The summed E-state index contributed by atoms with van der Waals surface area (Å²) in [7, 11) is 1.66. The number of likely N-dealkylation sites (tertiary alicyclic amines) is 1. The molecule has 0 bridgehead atoms. The SMILES string of the molecule is CN=C(NCc1cccc(C(F)(F)F)c1)NCC1CCN(Cc2nc(C)c(C)o2)CC1. The largest absolute Gasteiger partial charge is 0.444 e. The van der Waals surface area contributed by atoms with E-state index in [0.29, 0.717) is 17.4 Å². The first-order valence-electron chi connectivity index (χ1n) is 10.5. The highest BCUT2D eigenvalue weighted by Gasteiger charge is 2.30. The van der Waals surface area contributed by atoms with Crippen LogP contribution in [0.2, 0.25) is 0 Å². The topological polar surface area (TPSA) is 65.7 Å². The van der Waals surface area contributed by atoms with Crippen molar-refractivity contribution in [1.29, 1.82) is 0 Å². The Morgan fingerprint density at radius 1 is 1.23 bits per heavy atom. The summed E-state index contributed by atoms with van der Waals surface area (Å²) in [5, 5.41) is 6.39. The van der Waals surface area contributed by atoms with Crippen molar-refractivity contribution in [3.63, 3.8) is 0 Å². The lowest BCUT2D eigenvalue weighted by Gasteiger charge is -2.31. The zero-order chi connectivity index (χ0) is 22.4. The van der Waals surface area contributed by atoms with Gasteiger partial charge < -0.3 is 15.1 Å². The number of hydrogen-bond donors (Lipinski definition) is 2. The fourth-order valence-corrected chi connectivity index (χ4v) is 3.65. The van der Waals surface area contributed by atoms with Crippen molar-refractivity contribution in [2.24, 2.45) is 10.9 Å². The van der Waals surface area contributed by atoms with Crippen LogP contribution in [0, 0.1) is 19.8 Å². The molecule has 2 aromatic rings. The minimum atomic E-state index is -4.34. The third-order valence-electron chi connectivity index (χ3n) is 5.63. The van der Waals surface area contributed by atoms with E-state index in [0.717, 1.165) is 68.5 Å². The van der Waals surface area contributed by atoms with Crippen molar-refractivity contribution in [2.45, 2.75) is 46.0 Å². The van der Waals surface area contributed by atoms with E-state index in [2.05, 4.69) is 25.5 Å². The number of halogens is 3. The quantitative estimate of drug-likeness (QED) is 0.530. The molecule has 3 rings (SSSR count). The molecule has 0 saturated carbocycles. The molecule has 9 heteroatoms. The number of nitrogens with zero attached hydrogens (tertiary/aromatic N) is 3. The molecular formula is C22H30F3N5O. The van der Waals surface area contributed by atoms with Gasteiger partial charge in [0.05, 0.1) is 17.8 Å². The second-order valence-electron chi connectivity index (χ2n) is 7.97. The first-order valence-corrected chi connectivity index (χ1v) is 10.5. The molecule has 0 atom stereocenters. The molecule has 0 aliphatic carbocycles. The summed E-state index contributed by atoms with van der Waals surface area (Å²) in [6.45, 7) is 7.61. The summed E-state index contributed by atoms with van der Waals surface area (Å²) in [5.74, 6) is 2.74. The third-order valence-corrected chi connectivity index (χ3v) is 5.63. The molecule has 6 nitrogen and oxygen atoms in total. The lowest BCUT2D eigenvalue weighted by molar-refractivity contribution is -0.137. The summed E-state index contributed by atoms with van der Waals surface area (Å²) >= 11 is 0. The Balaban J connectivity index is 1.40. The predicted octanol–water partition coefficient (Wildman–Crippen LogP) is 3.89. The molecule has 1 aromatic carbocycles. The highest BCUT2D eigenvalue weighted by molar-refractivity contribution is 5.79. The van der Waals surface area contributed by atoms with E-state index in [1.807, 2.05) is 13.8 Å². The maximum absolute atomic E-state index is 12.9. The molecule has 0 radical (unpaired) electrons. The molecule has 1 saturated heterocycles. The summed E-state index contributed by atoms with van der Waals surface area (Å²) in [5.41, 5.74) is 0.859. The second kappa shape index (κ2) is 10.2. The van der Waals surface area contributed by atoms with Crippen molar-refractivity contribution >= 4 is 5.96 Å². The van der Waals surface area contributed by atoms with Crippen molar-refractivity contribution in [2.75, 3.05) is 26.7 Å². The third kappa shape index (κ3) is 6.72. The van der Waals surface area contributed by atoms with Crippen LogP contribution in [0.15, 0.2) is 33.7 Å². The second-order valence-corrected chi connectivity index (χ2v) is 7.97. The number of piperidine rings is 1. The van der Waals surface area contributed by atoms with E-state index >= 15 is 0 Å². The van der Waals surface area contributed by atoms with Crippen LogP contribution in [0.4, 0.5) is 13.2 Å². The first-order chi connectivity index (χ1) is 14.7. The minimum absolute atomic E-state index is 0.275. The summed E-state index contributed by atoms with van der Waals surface area (Å²) in [4.78, 5) is 11.0. The molecule has 1 aromatic heterocycles. The van der Waals surface area contributed by atoms with E-state index in [1.54, 1.807) is 13.1 Å². The van der Waals surface area contributed by atoms with Crippen LogP contribution in [-0.2, 0) is 19.3 Å². The number of aliphatic imine (C=N–C) groups is 1. The molecule has 0 unspecified atom stereocenters. The highest BCUT2D eigenvalue weighted by atomic mass is 19.4. The van der Waals surface area contributed by atoms with Gasteiger partial charge in [-0.05, 0) is 63.4 Å². The smallest absolute Gasteiger partial charge is 0.416 e. The van der Waals surface area contributed by atoms with Gasteiger partial charge in [0, 0.05) is 20.1 Å². The minimum Gasteiger partial charge on any atom is -0.444 e. The van der Waals surface area contributed by atoms with E-state index in [-0.39, 0.29) is 6.54 Å².